The van der Waals surface area contributed by atoms with Gasteiger partial charge in [-0.1, -0.05) is 6.92 Å². The molecule has 0 spiro atoms. The van der Waals surface area contributed by atoms with Crippen molar-refractivity contribution >= 4 is 14.2 Å². The van der Waals surface area contributed by atoms with Crippen molar-refractivity contribution in [1.29, 1.82) is 0 Å². The molecule has 0 radical (unpaired) electrons. The summed E-state index contributed by atoms with van der Waals surface area (Å²) in [7, 11) is -0.688. The second kappa shape index (κ2) is 8.77. The SMILES string of the molecule is CCO[P+](=O)OCCC(CC)C(=O)OC. The molecule has 0 aromatic rings. The van der Waals surface area contributed by atoms with E-state index in [9.17, 15) is 9.36 Å². The minimum absolute atomic E-state index is 0.194. The van der Waals surface area contributed by atoms with E-state index < -0.39 is 8.25 Å². The van der Waals surface area contributed by atoms with E-state index in [1.54, 1.807) is 6.92 Å². The lowest BCUT2D eigenvalue weighted by Gasteiger charge is -2.09. The van der Waals surface area contributed by atoms with Crippen LogP contribution in [0, 0.1) is 5.92 Å². The van der Waals surface area contributed by atoms with Crippen LogP contribution in [0.1, 0.15) is 26.7 Å². The average molecular weight is 237 g/mol. The van der Waals surface area contributed by atoms with Gasteiger partial charge in [0, 0.05) is 4.57 Å². The summed E-state index contributed by atoms with van der Waals surface area (Å²) >= 11 is 0. The number of hydrogen-bond acceptors (Lipinski definition) is 5. The number of methoxy groups -OCH3 is 1. The van der Waals surface area contributed by atoms with E-state index in [1.165, 1.54) is 7.11 Å². The van der Waals surface area contributed by atoms with Crippen LogP contribution >= 0.6 is 8.25 Å². The summed E-state index contributed by atoms with van der Waals surface area (Å²) in [6, 6.07) is 0. The van der Waals surface area contributed by atoms with E-state index in [1.807, 2.05) is 6.92 Å². The molecule has 2 unspecified atom stereocenters. The number of carbonyl (C=O) groups excluding carboxylic acids is 1. The monoisotopic (exact) mass is 237 g/mol. The van der Waals surface area contributed by atoms with E-state index >= 15 is 0 Å². The first-order valence-electron chi connectivity index (χ1n) is 4.96. The maximum absolute atomic E-state index is 11.2. The second-order valence-electron chi connectivity index (χ2n) is 2.89. The third-order valence-corrected chi connectivity index (χ3v) is 2.79. The topological polar surface area (TPSA) is 61.8 Å². The highest BCUT2D eigenvalue weighted by Crippen LogP contribution is 2.24. The molecule has 0 fully saturated rings. The van der Waals surface area contributed by atoms with Crippen molar-refractivity contribution in [2.75, 3.05) is 20.3 Å². The molecule has 0 N–H and O–H groups in total. The fourth-order valence-corrected chi connectivity index (χ4v) is 1.61. The Morgan fingerprint density at radius 2 is 2.00 bits per heavy atom. The molecule has 0 aliphatic heterocycles. The zero-order valence-electron chi connectivity index (χ0n) is 9.39. The van der Waals surface area contributed by atoms with Crippen molar-refractivity contribution in [2.24, 2.45) is 5.92 Å². The molecule has 6 heteroatoms. The van der Waals surface area contributed by atoms with Crippen LogP contribution in [0.4, 0.5) is 0 Å². The number of carbonyl (C=O) groups is 1. The highest BCUT2D eigenvalue weighted by Gasteiger charge is 2.22. The maximum atomic E-state index is 11.2. The first kappa shape index (κ1) is 14.5. The largest absolute Gasteiger partial charge is 0.697 e. The standard InChI is InChI=1S/C9H18O5P/c1-4-8(9(10)12-3)6-7-14-15(11)13-5-2/h8H,4-7H2,1-3H3/q+1. The van der Waals surface area contributed by atoms with Gasteiger partial charge in [0.1, 0.15) is 13.2 Å². The molecule has 0 aliphatic rings. The van der Waals surface area contributed by atoms with Gasteiger partial charge in [0.15, 0.2) is 0 Å². The van der Waals surface area contributed by atoms with E-state index in [-0.39, 0.29) is 18.5 Å². The maximum Gasteiger partial charge on any atom is 0.697 e. The van der Waals surface area contributed by atoms with Crippen LogP contribution in [0.3, 0.4) is 0 Å². The summed E-state index contributed by atoms with van der Waals surface area (Å²) in [5, 5.41) is 0. The third-order valence-electron chi connectivity index (χ3n) is 1.92. The molecule has 5 nitrogen and oxygen atoms in total. The van der Waals surface area contributed by atoms with Gasteiger partial charge in [-0.2, -0.15) is 0 Å². The first-order chi connectivity index (χ1) is 7.15. The summed E-state index contributed by atoms with van der Waals surface area (Å²) in [5.74, 6) is -0.451. The Balaban J connectivity index is 3.72. The Bertz CT molecular complexity index is 207. The van der Waals surface area contributed by atoms with Gasteiger partial charge in [0.2, 0.25) is 0 Å². The van der Waals surface area contributed by atoms with Gasteiger partial charge in [0.05, 0.1) is 13.0 Å². The molecule has 0 heterocycles. The van der Waals surface area contributed by atoms with Crippen molar-refractivity contribution in [1.82, 2.24) is 0 Å². The van der Waals surface area contributed by atoms with Crippen LogP contribution in [0.2, 0.25) is 0 Å². The Morgan fingerprint density at radius 3 is 2.47 bits per heavy atom. The van der Waals surface area contributed by atoms with Gasteiger partial charge < -0.3 is 4.74 Å². The molecule has 0 amide bonds. The van der Waals surface area contributed by atoms with Crippen LogP contribution in [0.5, 0.6) is 0 Å². The van der Waals surface area contributed by atoms with Gasteiger partial charge in [-0.3, -0.25) is 4.79 Å². The summed E-state index contributed by atoms with van der Waals surface area (Å²) in [4.78, 5) is 11.2. The third kappa shape index (κ3) is 6.55. The van der Waals surface area contributed by atoms with Crippen LogP contribution in [0.15, 0.2) is 0 Å². The summed E-state index contributed by atoms with van der Waals surface area (Å²) in [6.07, 6.45) is 1.18. The van der Waals surface area contributed by atoms with E-state index in [0.29, 0.717) is 19.4 Å². The molecule has 0 bridgehead atoms. The van der Waals surface area contributed by atoms with Crippen molar-refractivity contribution in [2.45, 2.75) is 26.7 Å². The fraction of sp³-hybridized carbons (Fsp3) is 0.889. The van der Waals surface area contributed by atoms with E-state index in [0.717, 1.165) is 0 Å². The fourth-order valence-electron chi connectivity index (χ4n) is 1.07. The molecule has 0 aromatic carbocycles. The molecule has 88 valence electrons. The van der Waals surface area contributed by atoms with Crippen molar-refractivity contribution < 1.29 is 23.1 Å². The zero-order chi connectivity index (χ0) is 11.7. The molecule has 0 aliphatic carbocycles. The molecular formula is C9H18O5P+. The van der Waals surface area contributed by atoms with Crippen LogP contribution in [0.25, 0.3) is 0 Å². The van der Waals surface area contributed by atoms with Crippen LogP contribution < -0.4 is 0 Å². The lowest BCUT2D eigenvalue weighted by molar-refractivity contribution is -0.146. The Labute approximate surface area is 91.0 Å². The van der Waals surface area contributed by atoms with Crippen molar-refractivity contribution in [3.05, 3.63) is 0 Å². The Hall–Kier alpha value is -0.510. The predicted molar refractivity (Wildman–Crippen MR) is 55.6 cm³/mol. The molecule has 0 saturated carbocycles. The number of rotatable bonds is 8. The normalized spacial score (nSPS) is 13.4. The number of hydrogen-bond donors (Lipinski definition) is 0. The Kier molecular flexibility index (Phi) is 8.47. The minimum Gasteiger partial charge on any atom is -0.469 e. The highest BCUT2D eigenvalue weighted by atomic mass is 31.1. The van der Waals surface area contributed by atoms with Gasteiger partial charge >= 0.3 is 14.2 Å². The van der Waals surface area contributed by atoms with Gasteiger partial charge in [-0.05, 0) is 19.8 Å². The summed E-state index contributed by atoms with van der Waals surface area (Å²) < 4.78 is 25.2. The second-order valence-corrected chi connectivity index (χ2v) is 3.86. The van der Waals surface area contributed by atoms with Gasteiger partial charge in [-0.25, -0.2) is 0 Å². The average Bonchev–Trinajstić information content (AvgIpc) is 2.24. The number of esters is 1. The lowest BCUT2D eigenvalue weighted by atomic mass is 10.0. The smallest absolute Gasteiger partial charge is 0.469 e. The number of ether oxygens (including phenoxy) is 1. The predicted octanol–water partition coefficient (Wildman–Crippen LogP) is 2.29. The van der Waals surface area contributed by atoms with Gasteiger partial charge in [0.25, 0.3) is 0 Å². The first-order valence-corrected chi connectivity index (χ1v) is 6.06. The van der Waals surface area contributed by atoms with Crippen molar-refractivity contribution in [3.63, 3.8) is 0 Å². The molecule has 2 atom stereocenters. The molecule has 0 saturated heterocycles. The lowest BCUT2D eigenvalue weighted by Crippen LogP contribution is -2.16. The van der Waals surface area contributed by atoms with Gasteiger partial charge in [-0.15, -0.1) is 9.05 Å². The quantitative estimate of drug-likeness (QED) is 0.478. The highest BCUT2D eigenvalue weighted by molar-refractivity contribution is 7.33. The molecule has 0 aromatic heterocycles. The Morgan fingerprint density at radius 1 is 1.33 bits per heavy atom. The van der Waals surface area contributed by atoms with E-state index in [4.69, 9.17) is 9.05 Å². The summed E-state index contributed by atoms with van der Waals surface area (Å²) in [6.45, 7) is 4.22. The van der Waals surface area contributed by atoms with Crippen LogP contribution in [-0.4, -0.2) is 26.3 Å². The summed E-state index contributed by atoms with van der Waals surface area (Å²) in [5.41, 5.74) is 0. The van der Waals surface area contributed by atoms with E-state index in [2.05, 4.69) is 4.74 Å². The zero-order valence-corrected chi connectivity index (χ0v) is 10.3. The van der Waals surface area contributed by atoms with Crippen molar-refractivity contribution in [3.8, 4) is 0 Å². The molecule has 0 rings (SSSR count). The molecular weight excluding hydrogens is 219 g/mol. The minimum atomic E-state index is -2.04. The molecule has 15 heavy (non-hydrogen) atoms. The van der Waals surface area contributed by atoms with Crippen LogP contribution in [-0.2, 0) is 23.1 Å².